The third-order valence-electron chi connectivity index (χ3n) is 3.39. The summed E-state index contributed by atoms with van der Waals surface area (Å²) in [6, 6.07) is 19.6. The first-order valence-corrected chi connectivity index (χ1v) is 9.25. The zero-order valence-corrected chi connectivity index (χ0v) is 16.3. The normalized spacial score (nSPS) is 11.9. The van der Waals surface area contributed by atoms with E-state index in [1.807, 2.05) is 80.6 Å². The lowest BCUT2D eigenvalue weighted by Gasteiger charge is -2.17. The number of rotatable bonds is 8. The molecule has 0 fully saturated rings. The van der Waals surface area contributed by atoms with Crippen LogP contribution in [0, 0.1) is 0 Å². The van der Waals surface area contributed by atoms with Crippen LogP contribution in [0.5, 0.6) is 0 Å². The molecule has 0 spiro atoms. The molecule has 0 heterocycles. The van der Waals surface area contributed by atoms with Crippen LogP contribution < -0.4 is 0 Å². The minimum atomic E-state index is -0.333. The molecule has 0 aromatic heterocycles. The Morgan fingerprint density at radius 1 is 0.962 bits per heavy atom. The van der Waals surface area contributed by atoms with Gasteiger partial charge in [0.25, 0.3) is 0 Å². The van der Waals surface area contributed by atoms with E-state index < -0.39 is 0 Å². The van der Waals surface area contributed by atoms with Gasteiger partial charge in [-0.05, 0) is 30.9 Å². The van der Waals surface area contributed by atoms with Crippen LogP contribution in [0.2, 0.25) is 0 Å². The minimum absolute atomic E-state index is 0.0534. The van der Waals surface area contributed by atoms with Gasteiger partial charge in [-0.15, -0.1) is 6.58 Å². The van der Waals surface area contributed by atoms with E-state index in [1.165, 1.54) is 0 Å². The van der Waals surface area contributed by atoms with Gasteiger partial charge in [0.1, 0.15) is 0 Å². The first-order chi connectivity index (χ1) is 12.7. The summed E-state index contributed by atoms with van der Waals surface area (Å²) in [4.78, 5) is 0. The van der Waals surface area contributed by atoms with Crippen LogP contribution in [0.4, 0.5) is 0 Å². The Morgan fingerprint density at radius 3 is 1.85 bits per heavy atom. The third-order valence-corrected chi connectivity index (χ3v) is 3.39. The topological polar surface area (TPSA) is 49.7 Å². The van der Waals surface area contributed by atoms with E-state index in [-0.39, 0.29) is 18.8 Å². The Labute approximate surface area is 159 Å². The predicted octanol–water partition coefficient (Wildman–Crippen LogP) is 5.12. The molecular weight excluding hydrogens is 324 g/mol. The molecule has 144 valence electrons. The van der Waals surface area contributed by atoms with Crippen molar-refractivity contribution >= 4 is 0 Å². The SMILES string of the molecule is C=CCC(CC(C)O)OCc1ccccc1.CC.OCc1ccccc1. The van der Waals surface area contributed by atoms with Crippen LogP contribution in [-0.4, -0.2) is 22.4 Å². The maximum absolute atomic E-state index is 9.33. The molecule has 2 N–H and O–H groups in total. The molecule has 0 saturated carbocycles. The highest BCUT2D eigenvalue weighted by Gasteiger charge is 2.10. The second kappa shape index (κ2) is 16.5. The van der Waals surface area contributed by atoms with Gasteiger partial charge in [0, 0.05) is 0 Å². The molecule has 0 amide bonds. The van der Waals surface area contributed by atoms with Gasteiger partial charge in [-0.25, -0.2) is 0 Å². The summed E-state index contributed by atoms with van der Waals surface area (Å²) < 4.78 is 5.75. The summed E-state index contributed by atoms with van der Waals surface area (Å²) in [6.07, 6.45) is 2.98. The van der Waals surface area contributed by atoms with Crippen molar-refractivity contribution in [3.05, 3.63) is 84.4 Å². The van der Waals surface area contributed by atoms with Crippen LogP contribution in [0.3, 0.4) is 0 Å². The van der Waals surface area contributed by atoms with E-state index in [1.54, 1.807) is 6.92 Å². The first kappa shape index (κ1) is 24.1. The Kier molecular flexibility index (Phi) is 15.3. The summed E-state index contributed by atoms with van der Waals surface area (Å²) in [5.74, 6) is 0. The highest BCUT2D eigenvalue weighted by molar-refractivity contribution is 5.13. The number of hydrogen-bond donors (Lipinski definition) is 2. The largest absolute Gasteiger partial charge is 0.393 e. The highest BCUT2D eigenvalue weighted by Crippen LogP contribution is 2.11. The maximum Gasteiger partial charge on any atom is 0.0720 e. The molecule has 26 heavy (non-hydrogen) atoms. The van der Waals surface area contributed by atoms with Crippen LogP contribution >= 0.6 is 0 Å². The van der Waals surface area contributed by atoms with Gasteiger partial charge in [0.2, 0.25) is 0 Å². The fraction of sp³-hybridized carbons (Fsp3) is 0.391. The Morgan fingerprint density at radius 2 is 1.46 bits per heavy atom. The number of aliphatic hydroxyl groups is 2. The van der Waals surface area contributed by atoms with Crippen LogP contribution in [0.25, 0.3) is 0 Å². The van der Waals surface area contributed by atoms with E-state index in [0.29, 0.717) is 13.0 Å². The van der Waals surface area contributed by atoms with E-state index in [0.717, 1.165) is 17.5 Å². The predicted molar refractivity (Wildman–Crippen MR) is 110 cm³/mol. The fourth-order valence-electron chi connectivity index (χ4n) is 2.17. The molecule has 2 rings (SSSR count). The molecule has 3 nitrogen and oxygen atoms in total. The second-order valence-electron chi connectivity index (χ2n) is 5.67. The summed E-state index contributed by atoms with van der Waals surface area (Å²) in [6.45, 7) is 10.2. The Hall–Kier alpha value is -1.94. The molecule has 3 heteroatoms. The second-order valence-corrected chi connectivity index (χ2v) is 5.67. The molecule has 0 bridgehead atoms. The monoisotopic (exact) mass is 358 g/mol. The van der Waals surface area contributed by atoms with Gasteiger partial charge in [0.15, 0.2) is 0 Å². The number of ether oxygens (including phenoxy) is 1. The Balaban J connectivity index is 0.000000522. The molecule has 0 aliphatic heterocycles. The number of hydrogen-bond acceptors (Lipinski definition) is 3. The standard InChI is InChI=1S/C14H20O2.C7H8O.C2H6/c1-3-7-14(10-12(2)15)16-11-13-8-5-4-6-9-13;8-6-7-4-2-1-3-5-7;1-2/h3-6,8-9,12,14-15H,1,7,10-11H2,2H3;1-5,8H,6H2;1-2H3. The van der Waals surface area contributed by atoms with Crippen LogP contribution in [0.1, 0.15) is 44.7 Å². The lowest BCUT2D eigenvalue weighted by Crippen LogP contribution is -2.18. The van der Waals surface area contributed by atoms with Crippen LogP contribution in [0.15, 0.2) is 73.3 Å². The van der Waals surface area contributed by atoms with Gasteiger partial charge < -0.3 is 14.9 Å². The average molecular weight is 359 g/mol. The van der Waals surface area contributed by atoms with E-state index >= 15 is 0 Å². The summed E-state index contributed by atoms with van der Waals surface area (Å²) in [5, 5.41) is 17.9. The van der Waals surface area contributed by atoms with Crippen molar-refractivity contribution in [2.75, 3.05) is 0 Å². The maximum atomic E-state index is 9.33. The van der Waals surface area contributed by atoms with E-state index in [9.17, 15) is 5.11 Å². The molecular formula is C23H34O3. The molecule has 2 aromatic carbocycles. The number of benzene rings is 2. The molecule has 0 saturated heterocycles. The average Bonchev–Trinajstić information content (AvgIpc) is 2.69. The molecule has 2 atom stereocenters. The van der Waals surface area contributed by atoms with Crippen molar-refractivity contribution in [2.45, 2.75) is 59.0 Å². The summed E-state index contributed by atoms with van der Waals surface area (Å²) >= 11 is 0. The highest BCUT2D eigenvalue weighted by atomic mass is 16.5. The third kappa shape index (κ3) is 12.4. The molecule has 2 aromatic rings. The van der Waals surface area contributed by atoms with Crippen molar-refractivity contribution in [1.29, 1.82) is 0 Å². The van der Waals surface area contributed by atoms with E-state index in [2.05, 4.69) is 6.58 Å². The zero-order chi connectivity index (χ0) is 19.6. The minimum Gasteiger partial charge on any atom is -0.393 e. The smallest absolute Gasteiger partial charge is 0.0720 e. The lowest BCUT2D eigenvalue weighted by atomic mass is 10.1. The van der Waals surface area contributed by atoms with Gasteiger partial charge in [-0.3, -0.25) is 0 Å². The van der Waals surface area contributed by atoms with Crippen molar-refractivity contribution in [2.24, 2.45) is 0 Å². The van der Waals surface area contributed by atoms with Gasteiger partial charge >= 0.3 is 0 Å². The molecule has 0 radical (unpaired) electrons. The molecule has 0 aliphatic rings. The van der Waals surface area contributed by atoms with Crippen molar-refractivity contribution < 1.29 is 14.9 Å². The van der Waals surface area contributed by atoms with Crippen molar-refractivity contribution in [3.63, 3.8) is 0 Å². The first-order valence-electron chi connectivity index (χ1n) is 9.25. The summed E-state index contributed by atoms with van der Waals surface area (Å²) in [5.41, 5.74) is 2.12. The van der Waals surface area contributed by atoms with Gasteiger partial charge in [-0.2, -0.15) is 0 Å². The lowest BCUT2D eigenvalue weighted by molar-refractivity contribution is 0.00987. The van der Waals surface area contributed by atoms with E-state index in [4.69, 9.17) is 9.84 Å². The number of aliphatic hydroxyl groups excluding tert-OH is 2. The molecule has 2 unspecified atom stereocenters. The van der Waals surface area contributed by atoms with Gasteiger partial charge in [0.05, 0.1) is 25.4 Å². The fourth-order valence-corrected chi connectivity index (χ4v) is 2.17. The Bertz CT molecular complexity index is 538. The zero-order valence-electron chi connectivity index (χ0n) is 16.3. The van der Waals surface area contributed by atoms with Crippen molar-refractivity contribution in [3.8, 4) is 0 Å². The van der Waals surface area contributed by atoms with Crippen LogP contribution in [-0.2, 0) is 18.0 Å². The molecule has 0 aliphatic carbocycles. The van der Waals surface area contributed by atoms with Gasteiger partial charge in [-0.1, -0.05) is 80.6 Å². The van der Waals surface area contributed by atoms with Crippen molar-refractivity contribution in [1.82, 2.24) is 0 Å². The summed E-state index contributed by atoms with van der Waals surface area (Å²) in [7, 11) is 0. The quantitative estimate of drug-likeness (QED) is 0.644.